The molecule has 2 aliphatic rings. The molecule has 2 fully saturated rings. The van der Waals surface area contributed by atoms with Crippen LogP contribution in [-0.2, 0) is 19.8 Å². The molecule has 0 saturated carbocycles. The summed E-state index contributed by atoms with van der Waals surface area (Å²) in [5, 5.41) is 0. The van der Waals surface area contributed by atoms with Crippen molar-refractivity contribution in [1.82, 2.24) is 19.7 Å². The summed E-state index contributed by atoms with van der Waals surface area (Å²) in [6.07, 6.45) is -0.302. The Morgan fingerprint density at radius 2 is 1.80 bits per heavy atom. The van der Waals surface area contributed by atoms with E-state index in [-0.39, 0.29) is 31.2 Å². The molecule has 3 heterocycles. The highest BCUT2D eigenvalue weighted by Crippen LogP contribution is 2.40. The third-order valence-electron chi connectivity index (χ3n) is 6.84. The van der Waals surface area contributed by atoms with Gasteiger partial charge in [0.05, 0.1) is 5.41 Å². The fourth-order valence-electron chi connectivity index (χ4n) is 4.84. The zero-order valence-corrected chi connectivity index (χ0v) is 20.5. The first-order chi connectivity index (χ1) is 16.7. The zero-order chi connectivity index (χ0) is 25.2. The Labute approximate surface area is 205 Å². The van der Waals surface area contributed by atoms with E-state index in [1.165, 1.54) is 23.1 Å². The van der Waals surface area contributed by atoms with Crippen molar-refractivity contribution in [2.45, 2.75) is 25.2 Å². The van der Waals surface area contributed by atoms with Crippen molar-refractivity contribution < 1.29 is 18.8 Å². The molecule has 9 heteroatoms. The van der Waals surface area contributed by atoms with Gasteiger partial charge in [-0.15, -0.1) is 0 Å². The Morgan fingerprint density at radius 3 is 2.46 bits per heavy atom. The number of carbonyl (C=O) groups excluding carboxylic acids is 3. The van der Waals surface area contributed by atoms with E-state index in [4.69, 9.17) is 0 Å². The number of aryl methyl sites for hydroxylation is 1. The number of hydrogen-bond acceptors (Lipinski definition) is 6. The maximum absolute atomic E-state index is 14.2. The van der Waals surface area contributed by atoms with Crippen LogP contribution in [0.1, 0.15) is 24.1 Å². The van der Waals surface area contributed by atoms with E-state index >= 15 is 0 Å². The molecule has 186 valence electrons. The molecule has 0 bridgehead atoms. The van der Waals surface area contributed by atoms with Gasteiger partial charge in [-0.05, 0) is 50.8 Å². The normalized spacial score (nSPS) is 20.8. The lowest BCUT2D eigenvalue weighted by Crippen LogP contribution is -2.51. The Balaban J connectivity index is 1.53. The summed E-state index contributed by atoms with van der Waals surface area (Å²) in [5.74, 6) is -0.584. The molecular formula is C26H32FN5O3. The molecule has 35 heavy (non-hydrogen) atoms. The van der Waals surface area contributed by atoms with Crippen LogP contribution in [0, 0.1) is 12.7 Å². The fraction of sp³-hybridized carbons (Fsp3) is 0.462. The van der Waals surface area contributed by atoms with Crippen LogP contribution < -0.4 is 4.90 Å². The molecule has 0 aliphatic carbocycles. The van der Waals surface area contributed by atoms with Gasteiger partial charge in [0, 0.05) is 57.8 Å². The second kappa shape index (κ2) is 10.1. The molecular weight excluding hydrogens is 449 g/mol. The first-order valence-corrected chi connectivity index (χ1v) is 11.9. The van der Waals surface area contributed by atoms with Gasteiger partial charge < -0.3 is 14.7 Å². The third kappa shape index (κ3) is 5.19. The maximum atomic E-state index is 14.2. The fourth-order valence-corrected chi connectivity index (χ4v) is 4.84. The quantitative estimate of drug-likeness (QED) is 0.562. The van der Waals surface area contributed by atoms with Crippen molar-refractivity contribution in [2.75, 3.05) is 58.3 Å². The summed E-state index contributed by atoms with van der Waals surface area (Å²) >= 11 is 0. The molecule has 0 unspecified atom stereocenters. The molecule has 1 aromatic heterocycles. The molecule has 2 saturated heterocycles. The van der Waals surface area contributed by atoms with Gasteiger partial charge in [0.15, 0.2) is 0 Å². The Kier molecular flexibility index (Phi) is 7.16. The first kappa shape index (κ1) is 24.8. The van der Waals surface area contributed by atoms with E-state index in [0.717, 1.165) is 11.5 Å². The van der Waals surface area contributed by atoms with E-state index in [1.54, 1.807) is 11.0 Å². The highest BCUT2D eigenvalue weighted by Gasteiger charge is 2.54. The van der Waals surface area contributed by atoms with Crippen LogP contribution in [0.2, 0.25) is 0 Å². The maximum Gasteiger partial charge on any atom is 0.240 e. The van der Waals surface area contributed by atoms with Gasteiger partial charge in [-0.3, -0.25) is 19.3 Å². The number of hydrogen-bond donors (Lipinski definition) is 0. The van der Waals surface area contributed by atoms with E-state index < -0.39 is 17.1 Å². The highest BCUT2D eigenvalue weighted by atomic mass is 19.1. The Morgan fingerprint density at radius 1 is 1.09 bits per heavy atom. The van der Waals surface area contributed by atoms with E-state index in [0.29, 0.717) is 38.3 Å². The number of piperazine rings is 1. The average Bonchev–Trinajstić information content (AvgIpc) is 3.07. The number of carbonyl (C=O) groups is 3. The van der Waals surface area contributed by atoms with Crippen molar-refractivity contribution in [3.8, 4) is 0 Å². The number of pyridine rings is 1. The van der Waals surface area contributed by atoms with Gasteiger partial charge in [-0.2, -0.15) is 0 Å². The Hall–Kier alpha value is -3.33. The highest BCUT2D eigenvalue weighted by molar-refractivity contribution is 6.10. The van der Waals surface area contributed by atoms with Crippen molar-refractivity contribution in [3.05, 3.63) is 59.5 Å². The molecule has 0 N–H and O–H groups in total. The summed E-state index contributed by atoms with van der Waals surface area (Å²) in [5.41, 5.74) is -0.0851. The third-order valence-corrected chi connectivity index (χ3v) is 6.84. The predicted octanol–water partition coefficient (Wildman–Crippen LogP) is 1.83. The average molecular weight is 482 g/mol. The van der Waals surface area contributed by atoms with E-state index in [1.807, 2.05) is 44.1 Å². The number of rotatable bonds is 7. The van der Waals surface area contributed by atoms with Crippen LogP contribution in [0.25, 0.3) is 0 Å². The van der Waals surface area contributed by atoms with Crippen LogP contribution in [-0.4, -0.2) is 90.8 Å². The van der Waals surface area contributed by atoms with Gasteiger partial charge in [0.2, 0.25) is 17.7 Å². The number of aromatic nitrogens is 1. The number of nitrogens with zero attached hydrogens (tertiary/aromatic N) is 5. The molecule has 2 aromatic rings. The van der Waals surface area contributed by atoms with Crippen LogP contribution in [0.3, 0.4) is 0 Å². The molecule has 2 aliphatic heterocycles. The zero-order valence-electron chi connectivity index (χ0n) is 20.5. The number of likely N-dealkylation sites (N-methyl/N-ethyl adjacent to an activating group) is 1. The second-order valence-corrected chi connectivity index (χ2v) is 9.60. The van der Waals surface area contributed by atoms with Crippen molar-refractivity contribution >= 4 is 23.5 Å². The number of likely N-dealkylation sites (tertiary alicyclic amines) is 1. The molecule has 8 nitrogen and oxygen atoms in total. The van der Waals surface area contributed by atoms with Crippen molar-refractivity contribution in [2.24, 2.45) is 0 Å². The van der Waals surface area contributed by atoms with Gasteiger partial charge in [-0.1, -0.05) is 18.2 Å². The molecule has 4 rings (SSSR count). The molecule has 0 spiro atoms. The van der Waals surface area contributed by atoms with Gasteiger partial charge >= 0.3 is 0 Å². The Bertz CT molecular complexity index is 1120. The summed E-state index contributed by atoms with van der Waals surface area (Å²) in [6.45, 7) is 4.91. The largest absolute Gasteiger partial charge is 0.353 e. The first-order valence-electron chi connectivity index (χ1n) is 11.9. The lowest BCUT2D eigenvalue weighted by Gasteiger charge is -2.37. The molecule has 0 radical (unpaired) electrons. The topological polar surface area (TPSA) is 77.1 Å². The number of benzene rings is 1. The standard InChI is InChI=1S/C26H32FN5O3/c1-19-6-4-9-22(28-19)30-11-13-31(14-12-30)23(33)17-26(20-7-5-8-21(27)16-20)18-24(34)32(25(26)35)15-10-29(2)3/h4-9,16H,10-15,17-18H2,1-3H3/t26-/m0/s1. The SMILES string of the molecule is Cc1cccc(N2CCN(C(=O)C[C@@]3(c4cccc(F)c4)CC(=O)N(CCN(C)C)C3=O)CC2)n1. The number of anilines is 1. The smallest absolute Gasteiger partial charge is 0.240 e. The lowest BCUT2D eigenvalue weighted by molar-refractivity contribution is -0.142. The monoisotopic (exact) mass is 481 g/mol. The number of imide groups is 1. The summed E-state index contributed by atoms with van der Waals surface area (Å²) < 4.78 is 14.2. The van der Waals surface area contributed by atoms with Crippen LogP contribution >= 0.6 is 0 Å². The molecule has 1 atom stereocenters. The predicted molar refractivity (Wildman–Crippen MR) is 130 cm³/mol. The van der Waals surface area contributed by atoms with Gasteiger partial charge in [0.25, 0.3) is 0 Å². The molecule has 3 amide bonds. The van der Waals surface area contributed by atoms with Crippen molar-refractivity contribution in [1.29, 1.82) is 0 Å². The minimum atomic E-state index is -1.39. The van der Waals surface area contributed by atoms with Crippen LogP contribution in [0.5, 0.6) is 0 Å². The lowest BCUT2D eigenvalue weighted by atomic mass is 9.75. The minimum absolute atomic E-state index is 0.137. The molecule has 1 aromatic carbocycles. The second-order valence-electron chi connectivity index (χ2n) is 9.60. The van der Waals surface area contributed by atoms with Crippen molar-refractivity contribution in [3.63, 3.8) is 0 Å². The van der Waals surface area contributed by atoms with E-state index in [2.05, 4.69) is 9.88 Å². The van der Waals surface area contributed by atoms with Crippen LogP contribution in [0.4, 0.5) is 10.2 Å². The minimum Gasteiger partial charge on any atom is -0.353 e. The van der Waals surface area contributed by atoms with Gasteiger partial charge in [0.1, 0.15) is 11.6 Å². The summed E-state index contributed by atoms with van der Waals surface area (Å²) in [4.78, 5) is 51.5. The summed E-state index contributed by atoms with van der Waals surface area (Å²) in [7, 11) is 3.72. The van der Waals surface area contributed by atoms with E-state index in [9.17, 15) is 18.8 Å². The summed E-state index contributed by atoms with van der Waals surface area (Å²) in [6, 6.07) is 11.6. The van der Waals surface area contributed by atoms with Crippen LogP contribution in [0.15, 0.2) is 42.5 Å². The number of halogens is 1. The number of amides is 3. The van der Waals surface area contributed by atoms with Gasteiger partial charge in [-0.25, -0.2) is 9.37 Å².